The Morgan fingerprint density at radius 1 is 0.706 bits per heavy atom. The van der Waals surface area contributed by atoms with Crippen molar-refractivity contribution in [1.29, 1.82) is 0 Å². The van der Waals surface area contributed by atoms with E-state index in [4.69, 9.17) is 4.43 Å². The van der Waals surface area contributed by atoms with Crippen LogP contribution in [0.1, 0.15) is 70.6 Å². The van der Waals surface area contributed by atoms with Crippen LogP contribution in [0.3, 0.4) is 0 Å². The van der Waals surface area contributed by atoms with E-state index in [1.807, 2.05) is 7.11 Å². The molecule has 0 fully saturated rings. The van der Waals surface area contributed by atoms with Crippen LogP contribution in [0, 0.1) is 0 Å². The largest absolute Gasteiger partial charge is 0.427 e. The van der Waals surface area contributed by atoms with Gasteiger partial charge in [0.1, 0.15) is 0 Å². The quantitative estimate of drug-likeness (QED) is 0.282. The topological polar surface area (TPSA) is 9.23 Å². The molecule has 0 heterocycles. The molecule has 104 valence electrons. The molecule has 0 rings (SSSR count). The third kappa shape index (κ3) is 16.5. The molecule has 0 radical (unpaired) electrons. The summed E-state index contributed by atoms with van der Waals surface area (Å²) in [4.78, 5) is 0. The van der Waals surface area contributed by atoms with Crippen molar-refractivity contribution in [2.24, 2.45) is 0 Å². The molecule has 1 nitrogen and oxygen atoms in total. The molecule has 0 aromatic heterocycles. The van der Waals surface area contributed by atoms with Gasteiger partial charge >= 0.3 is 0 Å². The van der Waals surface area contributed by atoms with Gasteiger partial charge in [-0.25, -0.2) is 0 Å². The van der Waals surface area contributed by atoms with Crippen molar-refractivity contribution < 1.29 is 4.43 Å². The molecule has 0 N–H and O–H groups in total. The Hall–Kier alpha value is 0.527. The van der Waals surface area contributed by atoms with Crippen LogP contribution in [0.15, 0.2) is 0 Å². The van der Waals surface area contributed by atoms with Gasteiger partial charge in [0.05, 0.1) is 0 Å². The summed E-state index contributed by atoms with van der Waals surface area (Å²) in [6.45, 7) is 0. The Labute approximate surface area is 116 Å². The second kappa shape index (κ2) is 16.5. The molecule has 0 aromatic rings. The first kappa shape index (κ1) is 17.5. The Balaban J connectivity index is 2.85. The minimum atomic E-state index is -0.142. The van der Waals surface area contributed by atoms with Crippen LogP contribution in [0.5, 0.6) is 0 Å². The number of hydrogen-bond donors (Lipinski definition) is 1. The minimum absolute atomic E-state index is 0.142. The van der Waals surface area contributed by atoms with E-state index in [9.17, 15) is 0 Å². The molecule has 0 aliphatic carbocycles. The van der Waals surface area contributed by atoms with E-state index in [-0.39, 0.29) is 9.76 Å². The van der Waals surface area contributed by atoms with Gasteiger partial charge < -0.3 is 4.43 Å². The fourth-order valence-corrected chi connectivity index (χ4v) is 3.20. The van der Waals surface area contributed by atoms with Gasteiger partial charge in [-0.15, -0.1) is 0 Å². The van der Waals surface area contributed by atoms with Crippen molar-refractivity contribution in [2.75, 3.05) is 12.9 Å². The molecule has 0 saturated carbocycles. The lowest BCUT2D eigenvalue weighted by molar-refractivity contribution is 0.438. The highest BCUT2D eigenvalue weighted by atomic mass is 32.1. The van der Waals surface area contributed by atoms with E-state index < -0.39 is 0 Å². The fraction of sp³-hybridized carbons (Fsp3) is 1.00. The normalized spacial score (nSPS) is 11.6. The number of hydrogen-bond acceptors (Lipinski definition) is 2. The van der Waals surface area contributed by atoms with Gasteiger partial charge in [-0.3, -0.25) is 0 Å². The molecule has 0 spiro atoms. The molecule has 0 atom stereocenters. The second-order valence-electron chi connectivity index (χ2n) is 4.96. The molecular weight excluding hydrogens is 244 g/mol. The van der Waals surface area contributed by atoms with Crippen molar-refractivity contribution >= 4 is 22.4 Å². The van der Waals surface area contributed by atoms with Gasteiger partial charge in [0.15, 0.2) is 9.76 Å². The van der Waals surface area contributed by atoms with Gasteiger partial charge in [0.2, 0.25) is 0 Å². The SMILES string of the molecule is CO[SiH2]CCCCCCCCCCCCCS. The van der Waals surface area contributed by atoms with Gasteiger partial charge in [-0.1, -0.05) is 64.2 Å². The number of thiol groups is 1. The summed E-state index contributed by atoms with van der Waals surface area (Å²) in [6.07, 6.45) is 15.6. The van der Waals surface area contributed by atoms with Crippen LogP contribution in [0.4, 0.5) is 0 Å². The van der Waals surface area contributed by atoms with Crippen molar-refractivity contribution in [1.82, 2.24) is 0 Å². The van der Waals surface area contributed by atoms with Crippen LogP contribution in [-0.4, -0.2) is 22.6 Å². The second-order valence-corrected chi connectivity index (χ2v) is 7.10. The van der Waals surface area contributed by atoms with Crippen LogP contribution < -0.4 is 0 Å². The highest BCUT2D eigenvalue weighted by Gasteiger charge is 1.93. The van der Waals surface area contributed by atoms with Gasteiger partial charge in [-0.2, -0.15) is 12.6 Å². The van der Waals surface area contributed by atoms with Gasteiger partial charge in [0, 0.05) is 7.11 Å². The smallest absolute Gasteiger partial charge is 0.161 e. The maximum Gasteiger partial charge on any atom is 0.161 e. The summed E-state index contributed by atoms with van der Waals surface area (Å²) in [6, 6.07) is 1.38. The van der Waals surface area contributed by atoms with Crippen LogP contribution in [0.2, 0.25) is 6.04 Å². The lowest BCUT2D eigenvalue weighted by atomic mass is 10.1. The Bertz CT molecular complexity index is 119. The molecule has 0 unspecified atom stereocenters. The third-order valence-electron chi connectivity index (χ3n) is 3.26. The average molecular weight is 277 g/mol. The maximum absolute atomic E-state index is 5.18. The molecule has 17 heavy (non-hydrogen) atoms. The standard InChI is InChI=1S/C14H32OSSi/c1-15-17-14-12-10-8-6-4-2-3-5-7-9-11-13-16/h16H,2-14,17H2,1H3. The Morgan fingerprint density at radius 2 is 1.12 bits per heavy atom. The molecule has 0 aliphatic rings. The molecule has 0 bridgehead atoms. The minimum Gasteiger partial charge on any atom is -0.427 e. The molecule has 0 amide bonds. The highest BCUT2D eigenvalue weighted by molar-refractivity contribution is 7.80. The van der Waals surface area contributed by atoms with Crippen molar-refractivity contribution in [3.8, 4) is 0 Å². The molecule has 0 aliphatic heterocycles. The molecule has 0 aromatic carbocycles. The molecular formula is C14H32OSSi. The zero-order chi connectivity index (χ0) is 12.6. The lowest BCUT2D eigenvalue weighted by Gasteiger charge is -2.02. The molecule has 0 saturated heterocycles. The van der Waals surface area contributed by atoms with Crippen molar-refractivity contribution in [3.05, 3.63) is 0 Å². The van der Waals surface area contributed by atoms with Crippen molar-refractivity contribution in [2.45, 2.75) is 76.7 Å². The van der Waals surface area contributed by atoms with E-state index >= 15 is 0 Å². The van der Waals surface area contributed by atoms with Crippen LogP contribution in [-0.2, 0) is 4.43 Å². The van der Waals surface area contributed by atoms with Crippen LogP contribution in [0.25, 0.3) is 0 Å². The zero-order valence-electron chi connectivity index (χ0n) is 11.8. The average Bonchev–Trinajstić information content (AvgIpc) is 2.35. The van der Waals surface area contributed by atoms with E-state index in [0.29, 0.717) is 0 Å². The van der Waals surface area contributed by atoms with Crippen LogP contribution >= 0.6 is 12.6 Å². The molecule has 3 heteroatoms. The first-order valence-electron chi connectivity index (χ1n) is 7.51. The summed E-state index contributed by atoms with van der Waals surface area (Å²) in [5, 5.41) is 0. The third-order valence-corrected chi connectivity index (χ3v) is 4.77. The fourth-order valence-electron chi connectivity index (χ4n) is 2.13. The lowest BCUT2D eigenvalue weighted by Crippen LogP contribution is -1.91. The predicted octanol–water partition coefficient (Wildman–Crippen LogP) is 4.36. The summed E-state index contributed by atoms with van der Waals surface area (Å²) in [7, 11) is 1.71. The first-order valence-corrected chi connectivity index (χ1v) is 9.72. The van der Waals surface area contributed by atoms with Gasteiger partial charge in [-0.05, 0) is 18.2 Å². The Morgan fingerprint density at radius 3 is 1.53 bits per heavy atom. The highest BCUT2D eigenvalue weighted by Crippen LogP contribution is 2.12. The van der Waals surface area contributed by atoms with Crippen molar-refractivity contribution in [3.63, 3.8) is 0 Å². The van der Waals surface area contributed by atoms with Gasteiger partial charge in [0.25, 0.3) is 0 Å². The van der Waals surface area contributed by atoms with E-state index in [0.717, 1.165) is 5.75 Å². The maximum atomic E-state index is 5.18. The van der Waals surface area contributed by atoms with E-state index in [1.165, 1.54) is 76.7 Å². The number of rotatable bonds is 14. The Kier molecular flexibility index (Phi) is 17.0. The van der Waals surface area contributed by atoms with E-state index in [1.54, 1.807) is 0 Å². The monoisotopic (exact) mass is 276 g/mol. The zero-order valence-corrected chi connectivity index (χ0v) is 14.1. The van der Waals surface area contributed by atoms with E-state index in [2.05, 4.69) is 12.6 Å². The summed E-state index contributed by atoms with van der Waals surface area (Å²) in [5.74, 6) is 1.06. The first-order chi connectivity index (χ1) is 8.41. The summed E-state index contributed by atoms with van der Waals surface area (Å²) in [5.41, 5.74) is 0. The number of unbranched alkanes of at least 4 members (excludes halogenated alkanes) is 10. The predicted molar refractivity (Wildman–Crippen MR) is 85.0 cm³/mol. The summed E-state index contributed by atoms with van der Waals surface area (Å²) < 4.78 is 5.18. The summed E-state index contributed by atoms with van der Waals surface area (Å²) >= 11 is 4.23.